The molecule has 10 nitrogen and oxygen atoms in total. The molecule has 0 aliphatic heterocycles. The van der Waals surface area contributed by atoms with E-state index in [1.54, 1.807) is 0 Å². The SMILES string of the molecule is CNC(=O)C1CC(C(C2CCC(C(=O)O)C(C(=O)NC3CCC(OC4C(C)CC(C(C)(C)C5CC(C)C(OC6CCC(C)CC6C(F)(F)F)C(C)C5)CC4C)C(C(F)(F)F)C3)C2)(C(F)(F)F)C(F)(F)F)CCC1C(=O)O. The lowest BCUT2D eigenvalue weighted by Gasteiger charge is -2.53. The van der Waals surface area contributed by atoms with E-state index < -0.39 is 171 Å². The van der Waals surface area contributed by atoms with E-state index in [0.29, 0.717) is 25.7 Å². The van der Waals surface area contributed by atoms with E-state index in [1.165, 1.54) is 0 Å². The zero-order valence-electron chi connectivity index (χ0n) is 44.7. The van der Waals surface area contributed by atoms with Crippen LogP contribution in [0, 0.1) is 99.6 Å². The van der Waals surface area contributed by atoms with Crippen molar-refractivity contribution in [3.05, 3.63) is 0 Å². The Morgan fingerprint density at radius 3 is 1.21 bits per heavy atom. The first-order valence-electron chi connectivity index (χ1n) is 27.5. The number of rotatable bonds is 13. The number of carboxylic acid groups (broad SMARTS) is 2. The second-order valence-corrected chi connectivity index (χ2v) is 25.2. The monoisotopic (exact) mass is 1110 g/mol. The molecule has 438 valence electrons. The Labute approximate surface area is 438 Å². The van der Waals surface area contributed by atoms with Crippen molar-refractivity contribution in [3.63, 3.8) is 0 Å². The van der Waals surface area contributed by atoms with Gasteiger partial charge >= 0.3 is 36.6 Å². The number of amides is 2. The van der Waals surface area contributed by atoms with E-state index in [-0.39, 0.29) is 72.2 Å². The van der Waals surface area contributed by atoms with Gasteiger partial charge in [-0.15, -0.1) is 0 Å². The Kier molecular flexibility index (Phi) is 19.0. The van der Waals surface area contributed by atoms with Gasteiger partial charge in [-0.05, 0) is 161 Å². The summed E-state index contributed by atoms with van der Waals surface area (Å²) in [5, 5.41) is 24.4. The van der Waals surface area contributed by atoms with Gasteiger partial charge in [0.1, 0.15) is 0 Å². The number of halogens is 12. The fourth-order valence-electron chi connectivity index (χ4n) is 16.0. The van der Waals surface area contributed by atoms with Crippen molar-refractivity contribution in [2.75, 3.05) is 7.05 Å². The molecule has 22 heteroatoms. The Morgan fingerprint density at radius 1 is 0.461 bits per heavy atom. The third-order valence-electron chi connectivity index (χ3n) is 20.1. The van der Waals surface area contributed by atoms with Crippen LogP contribution in [0.4, 0.5) is 52.7 Å². The van der Waals surface area contributed by atoms with Gasteiger partial charge in [0.2, 0.25) is 11.8 Å². The summed E-state index contributed by atoms with van der Waals surface area (Å²) in [7, 11) is 1.06. The summed E-state index contributed by atoms with van der Waals surface area (Å²) in [5.41, 5.74) is -4.86. The first-order valence-corrected chi connectivity index (χ1v) is 27.5. The van der Waals surface area contributed by atoms with Crippen LogP contribution in [0.2, 0.25) is 0 Å². The quantitative estimate of drug-likeness (QED) is 0.133. The largest absolute Gasteiger partial charge is 0.481 e. The van der Waals surface area contributed by atoms with Gasteiger partial charge in [0.25, 0.3) is 0 Å². The Hall–Kier alpha value is -3.04. The summed E-state index contributed by atoms with van der Waals surface area (Å²) in [5.74, 6) is -21.4. The average molecular weight is 1110 g/mol. The summed E-state index contributed by atoms with van der Waals surface area (Å²) in [6.07, 6.45) is -27.6. The minimum atomic E-state index is -6.08. The molecule has 0 spiro atoms. The number of carbonyl (C=O) groups excluding carboxylic acids is 2. The third-order valence-corrected chi connectivity index (χ3v) is 20.1. The number of aliphatic carboxylic acids is 2. The van der Waals surface area contributed by atoms with E-state index in [2.05, 4.69) is 24.5 Å². The molecule has 0 heterocycles. The fourth-order valence-corrected chi connectivity index (χ4v) is 16.0. The van der Waals surface area contributed by atoms with E-state index in [1.807, 2.05) is 34.6 Å². The van der Waals surface area contributed by atoms with Crippen molar-refractivity contribution in [2.24, 2.45) is 99.6 Å². The lowest BCUT2D eigenvalue weighted by atomic mass is 9.53. The molecular weight excluding hydrogens is 1030 g/mol. The number of carboxylic acids is 2. The zero-order valence-corrected chi connectivity index (χ0v) is 44.7. The molecule has 6 fully saturated rings. The average Bonchev–Trinajstić information content (AvgIpc) is 3.30. The van der Waals surface area contributed by atoms with Crippen molar-refractivity contribution in [1.82, 2.24) is 10.6 Å². The molecule has 76 heavy (non-hydrogen) atoms. The first-order chi connectivity index (χ1) is 34.9. The normalized spacial score (nSPS) is 39.7. The van der Waals surface area contributed by atoms with E-state index in [9.17, 15) is 42.6 Å². The van der Waals surface area contributed by atoms with Gasteiger partial charge in [0, 0.05) is 13.1 Å². The maximum absolute atomic E-state index is 15.5. The van der Waals surface area contributed by atoms with E-state index >= 15 is 39.5 Å². The lowest BCUT2D eigenvalue weighted by molar-refractivity contribution is -0.383. The van der Waals surface area contributed by atoms with Crippen molar-refractivity contribution in [2.45, 2.75) is 206 Å². The van der Waals surface area contributed by atoms with Gasteiger partial charge < -0.3 is 30.3 Å². The van der Waals surface area contributed by atoms with Crippen molar-refractivity contribution >= 4 is 23.8 Å². The minimum Gasteiger partial charge on any atom is -0.481 e. The Morgan fingerprint density at radius 2 is 0.842 bits per heavy atom. The maximum Gasteiger partial charge on any atom is 0.403 e. The highest BCUT2D eigenvalue weighted by Crippen LogP contribution is 2.66. The summed E-state index contributed by atoms with van der Waals surface area (Å²) in [6, 6.07) is -1.29. The number of hydrogen-bond acceptors (Lipinski definition) is 6. The van der Waals surface area contributed by atoms with Gasteiger partial charge in [-0.2, -0.15) is 52.7 Å². The standard InChI is InChI=1S/C54H80F12N2O8/c1-25-9-15-41(39(17-25)51(55,56)57)75-43-26(2)18-32(19-27(43)3)49(6,7)33-20-28(4)44(29(5)21-33)76-42-16-12-34(24-40(42)52(58,59)60)68-46(70)38-23-31(11-14-36(38)48(73)74)50(53(61,62)63,54(64,65)66)30-10-13-35(47(71)72)37(22-30)45(69)67-8/h25-44H,9-24H2,1-8H3,(H,67,69)(H,68,70)(H,71,72)(H,73,74). The molecule has 2 amide bonds. The van der Waals surface area contributed by atoms with Gasteiger partial charge in [0.05, 0.1) is 59.9 Å². The minimum absolute atomic E-state index is 0.00904. The summed E-state index contributed by atoms with van der Waals surface area (Å²) in [4.78, 5) is 51.3. The molecule has 16 atom stereocenters. The van der Waals surface area contributed by atoms with Crippen LogP contribution in [0.3, 0.4) is 0 Å². The summed E-state index contributed by atoms with van der Waals surface area (Å²) in [6.45, 7) is 14.1. The molecule has 0 aromatic rings. The summed E-state index contributed by atoms with van der Waals surface area (Å²) >= 11 is 0. The molecule has 0 bridgehead atoms. The number of ether oxygens (including phenoxy) is 2. The lowest BCUT2D eigenvalue weighted by Crippen LogP contribution is -2.63. The predicted molar refractivity (Wildman–Crippen MR) is 254 cm³/mol. The van der Waals surface area contributed by atoms with Crippen LogP contribution >= 0.6 is 0 Å². The zero-order chi connectivity index (χ0) is 57.0. The first kappa shape index (κ1) is 62.2. The third kappa shape index (κ3) is 12.8. The molecule has 6 aliphatic rings. The smallest absolute Gasteiger partial charge is 0.403 e. The second kappa shape index (κ2) is 23.2. The molecule has 0 aromatic carbocycles. The molecule has 6 saturated carbocycles. The van der Waals surface area contributed by atoms with Gasteiger partial charge in [-0.1, -0.05) is 48.5 Å². The van der Waals surface area contributed by atoms with Crippen LogP contribution < -0.4 is 10.6 Å². The topological polar surface area (TPSA) is 151 Å². The number of nitrogens with one attached hydrogen (secondary N) is 2. The molecule has 6 rings (SSSR count). The highest BCUT2D eigenvalue weighted by Gasteiger charge is 2.77. The fraction of sp³-hybridized carbons (Fsp3) is 0.926. The van der Waals surface area contributed by atoms with Crippen LogP contribution in [0.1, 0.15) is 151 Å². The van der Waals surface area contributed by atoms with Crippen LogP contribution in [0.15, 0.2) is 0 Å². The van der Waals surface area contributed by atoms with Crippen LogP contribution in [0.5, 0.6) is 0 Å². The van der Waals surface area contributed by atoms with Crippen molar-refractivity contribution in [3.8, 4) is 0 Å². The van der Waals surface area contributed by atoms with Crippen molar-refractivity contribution < 1.29 is 91.5 Å². The second-order valence-electron chi connectivity index (χ2n) is 25.2. The maximum atomic E-state index is 15.5. The van der Waals surface area contributed by atoms with Crippen molar-refractivity contribution in [1.29, 1.82) is 0 Å². The van der Waals surface area contributed by atoms with Gasteiger partial charge in [0.15, 0.2) is 5.41 Å². The van der Waals surface area contributed by atoms with Crippen LogP contribution in [-0.4, -0.2) is 96.2 Å². The molecular formula is C54H80F12N2O8. The van der Waals surface area contributed by atoms with Crippen LogP contribution in [0.25, 0.3) is 0 Å². The van der Waals surface area contributed by atoms with Crippen LogP contribution in [-0.2, 0) is 28.7 Å². The number of alkyl halides is 12. The highest BCUT2D eigenvalue weighted by atomic mass is 19.4. The molecule has 0 radical (unpaired) electrons. The number of hydrogen-bond donors (Lipinski definition) is 4. The predicted octanol–water partition coefficient (Wildman–Crippen LogP) is 12.8. The number of carbonyl (C=O) groups is 4. The highest BCUT2D eigenvalue weighted by molar-refractivity contribution is 5.85. The summed E-state index contributed by atoms with van der Waals surface area (Å²) < 4.78 is 193. The Balaban J connectivity index is 1.12. The molecule has 16 unspecified atom stereocenters. The molecule has 6 aliphatic carbocycles. The molecule has 0 aromatic heterocycles. The van der Waals surface area contributed by atoms with Gasteiger partial charge in [-0.25, -0.2) is 0 Å². The van der Waals surface area contributed by atoms with Gasteiger partial charge in [-0.3, -0.25) is 19.2 Å². The molecule has 4 N–H and O–H groups in total. The van der Waals surface area contributed by atoms with E-state index in [0.717, 1.165) is 19.9 Å². The Bertz CT molecular complexity index is 1990. The molecule has 0 saturated heterocycles. The van der Waals surface area contributed by atoms with E-state index in [4.69, 9.17) is 9.47 Å².